The van der Waals surface area contributed by atoms with Crippen LogP contribution < -0.4 is 0 Å². The molecular weight excluding hydrogens is 258 g/mol. The van der Waals surface area contributed by atoms with Crippen LogP contribution in [0.5, 0.6) is 0 Å². The van der Waals surface area contributed by atoms with Crippen LogP contribution in [0.4, 0.5) is 0 Å². The summed E-state index contributed by atoms with van der Waals surface area (Å²) in [6, 6.07) is 10.0. The summed E-state index contributed by atoms with van der Waals surface area (Å²) < 4.78 is 3.76. The molecule has 0 radical (unpaired) electrons. The second-order valence-electron chi connectivity index (χ2n) is 4.36. The molecule has 0 fully saturated rings. The maximum absolute atomic E-state index is 12.3. The van der Waals surface area contributed by atoms with Crippen molar-refractivity contribution in [2.75, 3.05) is 6.54 Å². The van der Waals surface area contributed by atoms with E-state index in [1.165, 1.54) is 11.5 Å². The third-order valence-corrected chi connectivity index (χ3v) is 3.37. The van der Waals surface area contributed by atoms with Crippen LogP contribution >= 0.6 is 11.5 Å². The number of aromatic nitrogens is 2. The zero-order chi connectivity index (χ0) is 13.5. The quantitative estimate of drug-likeness (QED) is 0.814. The number of carbonyl (C=O) groups is 1. The Kier molecular flexibility index (Phi) is 5.03. The molecule has 0 N–H and O–H groups in total. The van der Waals surface area contributed by atoms with Crippen molar-refractivity contribution in [3.63, 3.8) is 0 Å². The van der Waals surface area contributed by atoms with Gasteiger partial charge in [-0.15, -0.1) is 5.10 Å². The Morgan fingerprint density at radius 2 is 2.11 bits per heavy atom. The molecule has 0 aliphatic carbocycles. The van der Waals surface area contributed by atoms with E-state index in [-0.39, 0.29) is 5.91 Å². The highest BCUT2D eigenvalue weighted by Crippen LogP contribution is 2.10. The summed E-state index contributed by atoms with van der Waals surface area (Å²) in [4.78, 5) is 14.2. The van der Waals surface area contributed by atoms with Crippen molar-refractivity contribution in [2.24, 2.45) is 0 Å². The fourth-order valence-corrected chi connectivity index (χ4v) is 2.26. The second-order valence-corrected chi connectivity index (χ2v) is 4.97. The summed E-state index contributed by atoms with van der Waals surface area (Å²) >= 11 is 1.21. The van der Waals surface area contributed by atoms with Crippen LogP contribution in [-0.4, -0.2) is 26.9 Å². The van der Waals surface area contributed by atoms with E-state index in [9.17, 15) is 4.79 Å². The van der Waals surface area contributed by atoms with Gasteiger partial charge in [0.15, 0.2) is 5.69 Å². The lowest BCUT2D eigenvalue weighted by Crippen LogP contribution is -2.31. The smallest absolute Gasteiger partial charge is 0.275 e. The van der Waals surface area contributed by atoms with E-state index in [1.807, 2.05) is 35.2 Å². The molecule has 0 unspecified atom stereocenters. The third kappa shape index (κ3) is 3.86. The lowest BCUT2D eigenvalue weighted by Gasteiger charge is -2.21. The molecule has 0 aliphatic rings. The number of rotatable bonds is 6. The first-order valence-corrected chi connectivity index (χ1v) is 7.25. The molecular formula is C14H17N3OS. The molecule has 5 heteroatoms. The van der Waals surface area contributed by atoms with E-state index in [4.69, 9.17) is 0 Å². The van der Waals surface area contributed by atoms with Crippen LogP contribution in [0.25, 0.3) is 0 Å². The molecule has 1 aromatic heterocycles. The topological polar surface area (TPSA) is 46.1 Å². The number of carbonyl (C=O) groups excluding carboxylic acids is 1. The Bertz CT molecular complexity index is 499. The van der Waals surface area contributed by atoms with E-state index in [0.29, 0.717) is 12.2 Å². The average molecular weight is 275 g/mol. The van der Waals surface area contributed by atoms with Crippen molar-refractivity contribution < 1.29 is 4.79 Å². The van der Waals surface area contributed by atoms with Gasteiger partial charge in [-0.3, -0.25) is 4.79 Å². The summed E-state index contributed by atoms with van der Waals surface area (Å²) in [5.74, 6) is -0.0361. The molecule has 4 nitrogen and oxygen atoms in total. The molecule has 0 saturated carbocycles. The first kappa shape index (κ1) is 13.7. The molecule has 2 aromatic rings. The van der Waals surface area contributed by atoms with Crippen molar-refractivity contribution in [1.82, 2.24) is 14.5 Å². The predicted molar refractivity (Wildman–Crippen MR) is 76.0 cm³/mol. The van der Waals surface area contributed by atoms with Gasteiger partial charge in [-0.2, -0.15) is 0 Å². The minimum Gasteiger partial charge on any atom is -0.333 e. The van der Waals surface area contributed by atoms with Crippen LogP contribution in [0.15, 0.2) is 35.7 Å². The second kappa shape index (κ2) is 6.99. The molecule has 1 aromatic carbocycles. The summed E-state index contributed by atoms with van der Waals surface area (Å²) in [6.45, 7) is 3.49. The standard InChI is InChI=1S/C14H17N3OS/c1-2-3-9-17(10-12-7-5-4-6-8-12)14(18)13-11-19-16-15-13/h4-8,11H,2-3,9-10H2,1H3. The first-order chi connectivity index (χ1) is 9.31. The van der Waals surface area contributed by atoms with Crippen LogP contribution in [0.2, 0.25) is 0 Å². The van der Waals surface area contributed by atoms with Crippen LogP contribution in [0.1, 0.15) is 35.8 Å². The molecule has 19 heavy (non-hydrogen) atoms. The van der Waals surface area contributed by atoms with E-state index < -0.39 is 0 Å². The van der Waals surface area contributed by atoms with Crippen molar-refractivity contribution in [3.05, 3.63) is 47.0 Å². The van der Waals surface area contributed by atoms with Gasteiger partial charge in [0.05, 0.1) is 0 Å². The molecule has 0 aliphatic heterocycles. The van der Waals surface area contributed by atoms with Crippen molar-refractivity contribution in [1.29, 1.82) is 0 Å². The highest BCUT2D eigenvalue weighted by atomic mass is 32.1. The van der Waals surface area contributed by atoms with Gasteiger partial charge < -0.3 is 4.90 Å². The largest absolute Gasteiger partial charge is 0.333 e. The zero-order valence-corrected chi connectivity index (χ0v) is 11.8. The Labute approximate surface area is 117 Å². The predicted octanol–water partition coefficient (Wildman–Crippen LogP) is 2.98. The van der Waals surface area contributed by atoms with Gasteiger partial charge in [0.1, 0.15) is 0 Å². The van der Waals surface area contributed by atoms with Gasteiger partial charge in [0, 0.05) is 18.5 Å². The number of unbranched alkanes of at least 4 members (excludes halogenated alkanes) is 1. The number of nitrogens with zero attached hydrogens (tertiary/aromatic N) is 3. The van der Waals surface area contributed by atoms with E-state index in [1.54, 1.807) is 5.38 Å². The van der Waals surface area contributed by atoms with Gasteiger partial charge >= 0.3 is 0 Å². The third-order valence-electron chi connectivity index (χ3n) is 2.86. The number of hydrogen-bond donors (Lipinski definition) is 0. The van der Waals surface area contributed by atoms with Crippen molar-refractivity contribution in [3.8, 4) is 0 Å². The van der Waals surface area contributed by atoms with Crippen LogP contribution in [0, 0.1) is 0 Å². The fourth-order valence-electron chi connectivity index (χ4n) is 1.82. The van der Waals surface area contributed by atoms with Gasteiger partial charge in [-0.05, 0) is 23.5 Å². The van der Waals surface area contributed by atoms with E-state index in [0.717, 1.165) is 24.9 Å². The molecule has 0 spiro atoms. The van der Waals surface area contributed by atoms with Gasteiger partial charge in [0.25, 0.3) is 5.91 Å². The minimum absolute atomic E-state index is 0.0361. The molecule has 0 saturated heterocycles. The van der Waals surface area contributed by atoms with Gasteiger partial charge in [0.2, 0.25) is 0 Å². The normalized spacial score (nSPS) is 10.4. The molecule has 0 atom stereocenters. The Balaban J connectivity index is 2.09. The van der Waals surface area contributed by atoms with Gasteiger partial charge in [-0.1, -0.05) is 48.2 Å². The van der Waals surface area contributed by atoms with Crippen LogP contribution in [0.3, 0.4) is 0 Å². The molecule has 1 amide bonds. The minimum atomic E-state index is -0.0361. The highest BCUT2D eigenvalue weighted by Gasteiger charge is 2.17. The van der Waals surface area contributed by atoms with Gasteiger partial charge in [-0.25, -0.2) is 0 Å². The highest BCUT2D eigenvalue weighted by molar-refractivity contribution is 7.03. The lowest BCUT2D eigenvalue weighted by molar-refractivity contribution is 0.0735. The SMILES string of the molecule is CCCCN(Cc1ccccc1)C(=O)c1csnn1. The first-order valence-electron chi connectivity index (χ1n) is 6.41. The monoisotopic (exact) mass is 275 g/mol. The Morgan fingerprint density at radius 3 is 2.74 bits per heavy atom. The molecule has 0 bridgehead atoms. The van der Waals surface area contributed by atoms with E-state index >= 15 is 0 Å². The average Bonchev–Trinajstić information content (AvgIpc) is 2.98. The van der Waals surface area contributed by atoms with Crippen molar-refractivity contribution in [2.45, 2.75) is 26.3 Å². The molecule has 2 rings (SSSR count). The van der Waals surface area contributed by atoms with Crippen molar-refractivity contribution >= 4 is 17.4 Å². The number of benzene rings is 1. The fraction of sp³-hybridized carbons (Fsp3) is 0.357. The lowest BCUT2D eigenvalue weighted by atomic mass is 10.2. The summed E-state index contributed by atoms with van der Waals surface area (Å²) in [7, 11) is 0. The summed E-state index contributed by atoms with van der Waals surface area (Å²) in [5, 5.41) is 5.56. The zero-order valence-electron chi connectivity index (χ0n) is 11.0. The maximum atomic E-state index is 12.3. The molecule has 1 heterocycles. The number of hydrogen-bond acceptors (Lipinski definition) is 4. The van der Waals surface area contributed by atoms with E-state index in [2.05, 4.69) is 16.5 Å². The van der Waals surface area contributed by atoms with Crippen LogP contribution in [-0.2, 0) is 6.54 Å². The summed E-state index contributed by atoms with van der Waals surface area (Å²) in [5.41, 5.74) is 1.58. The number of amides is 1. The Hall–Kier alpha value is -1.75. The maximum Gasteiger partial charge on any atom is 0.275 e. The summed E-state index contributed by atoms with van der Waals surface area (Å²) in [6.07, 6.45) is 2.06. The molecule has 100 valence electrons. The Morgan fingerprint density at radius 1 is 1.32 bits per heavy atom.